The van der Waals surface area contributed by atoms with Crippen LogP contribution in [-0.2, 0) is 6.18 Å². The smallest absolute Gasteiger partial charge is 0.433 e. The molecule has 0 spiro atoms. The second-order valence-electron chi connectivity index (χ2n) is 5.67. The lowest BCUT2D eigenvalue weighted by Crippen LogP contribution is -2.07. The molecule has 0 radical (unpaired) electrons. The van der Waals surface area contributed by atoms with Crippen LogP contribution in [0, 0.1) is 0 Å². The first-order valence-electron chi connectivity index (χ1n) is 7.79. The van der Waals surface area contributed by atoms with Crippen LogP contribution in [0.15, 0.2) is 65.2 Å². The van der Waals surface area contributed by atoms with E-state index in [2.05, 4.69) is 9.97 Å². The molecule has 27 heavy (non-hydrogen) atoms. The Morgan fingerprint density at radius 1 is 0.926 bits per heavy atom. The lowest BCUT2D eigenvalue weighted by molar-refractivity contribution is -0.141. The number of aromatic hydroxyl groups is 1. The highest BCUT2D eigenvalue weighted by atomic mass is 19.4. The Morgan fingerprint density at radius 2 is 1.67 bits per heavy atom. The quantitative estimate of drug-likeness (QED) is 0.521. The maximum absolute atomic E-state index is 12.5. The number of alkyl halides is 3. The number of phenols is 1. The maximum atomic E-state index is 12.5. The summed E-state index contributed by atoms with van der Waals surface area (Å²) >= 11 is 0. The number of hydrogen-bond donors (Lipinski definition) is 1. The third-order valence-electron chi connectivity index (χ3n) is 3.74. The van der Waals surface area contributed by atoms with Gasteiger partial charge in [-0.2, -0.15) is 13.2 Å². The van der Waals surface area contributed by atoms with E-state index in [-0.39, 0.29) is 11.5 Å². The van der Waals surface area contributed by atoms with Gasteiger partial charge in [-0.15, -0.1) is 0 Å². The van der Waals surface area contributed by atoms with Gasteiger partial charge < -0.3 is 14.3 Å². The van der Waals surface area contributed by atoms with Crippen LogP contribution in [0.2, 0.25) is 0 Å². The van der Waals surface area contributed by atoms with Gasteiger partial charge in [0.15, 0.2) is 5.58 Å². The van der Waals surface area contributed by atoms with Gasteiger partial charge in [0, 0.05) is 11.6 Å². The van der Waals surface area contributed by atoms with Gasteiger partial charge in [-0.25, -0.2) is 9.97 Å². The molecule has 5 nitrogen and oxygen atoms in total. The van der Waals surface area contributed by atoms with Crippen LogP contribution in [0.3, 0.4) is 0 Å². The number of hydrogen-bond acceptors (Lipinski definition) is 5. The number of phenolic OH excluding ortho intramolecular Hbond substituents is 1. The van der Waals surface area contributed by atoms with Crippen LogP contribution in [0.4, 0.5) is 13.2 Å². The molecule has 0 atom stereocenters. The summed E-state index contributed by atoms with van der Waals surface area (Å²) in [6.45, 7) is 0. The predicted molar refractivity (Wildman–Crippen MR) is 90.4 cm³/mol. The number of ether oxygens (including phenoxy) is 1. The Bertz CT molecular complexity index is 1090. The molecule has 0 unspecified atom stereocenters. The van der Waals surface area contributed by atoms with Gasteiger partial charge in [-0.1, -0.05) is 0 Å². The third-order valence-corrected chi connectivity index (χ3v) is 3.74. The molecule has 2 heterocycles. The molecule has 1 N–H and O–H groups in total. The van der Waals surface area contributed by atoms with Crippen molar-refractivity contribution < 1.29 is 27.4 Å². The lowest BCUT2D eigenvalue weighted by atomic mass is 10.2. The lowest BCUT2D eigenvalue weighted by Gasteiger charge is -2.07. The molecule has 136 valence electrons. The molecular weight excluding hydrogens is 361 g/mol. The molecule has 0 aliphatic rings. The zero-order valence-electron chi connectivity index (χ0n) is 13.6. The van der Waals surface area contributed by atoms with Crippen molar-refractivity contribution in [3.63, 3.8) is 0 Å². The van der Waals surface area contributed by atoms with E-state index in [0.29, 0.717) is 28.3 Å². The van der Waals surface area contributed by atoms with Crippen LogP contribution in [0.5, 0.6) is 17.2 Å². The normalized spacial score (nSPS) is 11.7. The average Bonchev–Trinajstić information content (AvgIpc) is 3.05. The standard InChI is InChI=1S/C19H11F3N2O3/c20-19(21,22)17-8-6-14(10-23-17)26-13-5-7-15-16(9-13)27-18(24-15)11-1-3-12(25)4-2-11/h1-10,25H. The van der Waals surface area contributed by atoms with E-state index in [1.807, 2.05) is 0 Å². The summed E-state index contributed by atoms with van der Waals surface area (Å²) in [5, 5.41) is 9.35. The van der Waals surface area contributed by atoms with E-state index in [9.17, 15) is 18.3 Å². The second-order valence-corrected chi connectivity index (χ2v) is 5.67. The number of rotatable bonds is 3. The number of aromatic nitrogens is 2. The summed E-state index contributed by atoms with van der Waals surface area (Å²) in [7, 11) is 0. The first kappa shape index (κ1) is 16.9. The average molecular weight is 372 g/mol. The topological polar surface area (TPSA) is 68.4 Å². The van der Waals surface area contributed by atoms with Crippen molar-refractivity contribution in [2.24, 2.45) is 0 Å². The highest BCUT2D eigenvalue weighted by molar-refractivity contribution is 5.77. The van der Waals surface area contributed by atoms with E-state index >= 15 is 0 Å². The Hall–Kier alpha value is -3.55. The van der Waals surface area contributed by atoms with E-state index < -0.39 is 11.9 Å². The molecule has 0 aliphatic heterocycles. The highest BCUT2D eigenvalue weighted by Gasteiger charge is 2.32. The van der Waals surface area contributed by atoms with Gasteiger partial charge in [-0.05, 0) is 48.5 Å². The molecule has 0 bridgehead atoms. The summed E-state index contributed by atoms with van der Waals surface area (Å²) < 4.78 is 48.9. The Kier molecular flexibility index (Phi) is 3.95. The molecule has 2 aromatic heterocycles. The fourth-order valence-electron chi connectivity index (χ4n) is 2.44. The Morgan fingerprint density at radius 3 is 2.33 bits per heavy atom. The zero-order chi connectivity index (χ0) is 19.0. The van der Waals surface area contributed by atoms with Crippen molar-refractivity contribution in [2.75, 3.05) is 0 Å². The minimum atomic E-state index is -4.50. The molecule has 0 saturated carbocycles. The first-order chi connectivity index (χ1) is 12.9. The SMILES string of the molecule is Oc1ccc(-c2nc3ccc(Oc4ccc(C(F)(F)F)nc4)cc3o2)cc1. The number of fused-ring (bicyclic) bond motifs is 1. The van der Waals surface area contributed by atoms with Gasteiger partial charge in [0.2, 0.25) is 5.89 Å². The van der Waals surface area contributed by atoms with Crippen molar-refractivity contribution in [1.82, 2.24) is 9.97 Å². The fraction of sp³-hybridized carbons (Fsp3) is 0.0526. The van der Waals surface area contributed by atoms with Crippen molar-refractivity contribution in [2.45, 2.75) is 6.18 Å². The fourth-order valence-corrected chi connectivity index (χ4v) is 2.44. The monoisotopic (exact) mass is 372 g/mol. The zero-order valence-corrected chi connectivity index (χ0v) is 13.6. The van der Waals surface area contributed by atoms with Crippen molar-refractivity contribution in [3.05, 3.63) is 66.5 Å². The molecule has 0 fully saturated rings. The van der Waals surface area contributed by atoms with E-state index in [1.54, 1.807) is 30.3 Å². The highest BCUT2D eigenvalue weighted by Crippen LogP contribution is 2.31. The van der Waals surface area contributed by atoms with Crippen molar-refractivity contribution in [1.29, 1.82) is 0 Å². The predicted octanol–water partition coefficient (Wildman–Crippen LogP) is 5.41. The summed E-state index contributed by atoms with van der Waals surface area (Å²) in [5.41, 5.74) is 0.754. The van der Waals surface area contributed by atoms with E-state index in [0.717, 1.165) is 12.3 Å². The number of pyridine rings is 1. The summed E-state index contributed by atoms with van der Waals surface area (Å²) in [6.07, 6.45) is -3.49. The van der Waals surface area contributed by atoms with Crippen LogP contribution in [-0.4, -0.2) is 15.1 Å². The molecule has 8 heteroatoms. The largest absolute Gasteiger partial charge is 0.508 e. The Balaban J connectivity index is 1.59. The van der Waals surface area contributed by atoms with Gasteiger partial charge in [0.1, 0.15) is 28.5 Å². The Labute approximate surface area is 150 Å². The maximum Gasteiger partial charge on any atom is 0.433 e. The number of nitrogens with zero attached hydrogens (tertiary/aromatic N) is 2. The van der Waals surface area contributed by atoms with Crippen LogP contribution < -0.4 is 4.74 Å². The van der Waals surface area contributed by atoms with Gasteiger partial charge in [0.25, 0.3) is 0 Å². The van der Waals surface area contributed by atoms with Crippen LogP contribution >= 0.6 is 0 Å². The minimum Gasteiger partial charge on any atom is -0.508 e. The molecule has 0 aliphatic carbocycles. The number of benzene rings is 2. The number of oxazole rings is 1. The summed E-state index contributed by atoms with van der Waals surface area (Å²) in [4.78, 5) is 7.71. The van der Waals surface area contributed by atoms with Crippen molar-refractivity contribution >= 4 is 11.1 Å². The third kappa shape index (κ3) is 3.55. The van der Waals surface area contributed by atoms with Gasteiger partial charge >= 0.3 is 6.18 Å². The summed E-state index contributed by atoms with van der Waals surface area (Å²) in [5.74, 6) is 1.05. The van der Waals surface area contributed by atoms with Crippen LogP contribution in [0.25, 0.3) is 22.6 Å². The molecule has 4 rings (SSSR count). The first-order valence-corrected chi connectivity index (χ1v) is 7.79. The molecule has 0 amide bonds. The summed E-state index contributed by atoms with van der Waals surface area (Å²) in [6, 6.07) is 13.3. The van der Waals surface area contributed by atoms with Crippen molar-refractivity contribution in [3.8, 4) is 28.7 Å². The van der Waals surface area contributed by atoms with Gasteiger partial charge in [-0.3, -0.25) is 0 Å². The number of halogens is 3. The molecular formula is C19H11F3N2O3. The van der Waals surface area contributed by atoms with Gasteiger partial charge in [0.05, 0.1) is 6.20 Å². The van der Waals surface area contributed by atoms with E-state index in [4.69, 9.17) is 9.15 Å². The van der Waals surface area contributed by atoms with E-state index in [1.165, 1.54) is 18.2 Å². The molecule has 4 aromatic rings. The minimum absolute atomic E-state index is 0.135. The molecule has 0 saturated heterocycles. The molecule has 2 aromatic carbocycles. The second kappa shape index (κ2) is 6.31. The van der Waals surface area contributed by atoms with Crippen LogP contribution in [0.1, 0.15) is 5.69 Å².